The Morgan fingerprint density at radius 1 is 1.00 bits per heavy atom. The zero-order valence-corrected chi connectivity index (χ0v) is 10.9. The van der Waals surface area contributed by atoms with E-state index >= 15 is 0 Å². The molecule has 0 aromatic heterocycles. The summed E-state index contributed by atoms with van der Waals surface area (Å²) in [6, 6.07) is 16.8. The molecule has 0 fully saturated rings. The highest BCUT2D eigenvalue weighted by Crippen LogP contribution is 2.48. The van der Waals surface area contributed by atoms with Gasteiger partial charge in [0.25, 0.3) is 0 Å². The lowest BCUT2D eigenvalue weighted by atomic mass is 10.2. The van der Waals surface area contributed by atoms with Gasteiger partial charge in [-0.25, -0.2) is 0 Å². The van der Waals surface area contributed by atoms with Crippen molar-refractivity contribution in [2.45, 2.75) is 10.3 Å². The number of hydrogen-bond acceptors (Lipinski definition) is 2. The van der Waals surface area contributed by atoms with E-state index in [4.69, 9.17) is 0 Å². The molecule has 3 rings (SSSR count). The van der Waals surface area contributed by atoms with E-state index in [-0.39, 0.29) is 0 Å². The fraction of sp³-hybridized carbons (Fsp3) is 0.0769. The SMILES string of the molecule is Brc1cccc2c1NC(c1ccccc1)S2. The standard InChI is InChI=1S/C13H10BrNS/c14-10-7-4-8-11-12(10)15-13(16-11)9-5-2-1-3-6-9/h1-8,13,15H. The molecule has 1 atom stereocenters. The van der Waals surface area contributed by atoms with Gasteiger partial charge < -0.3 is 5.32 Å². The van der Waals surface area contributed by atoms with Crippen LogP contribution in [0.15, 0.2) is 57.9 Å². The van der Waals surface area contributed by atoms with Gasteiger partial charge in [0.2, 0.25) is 0 Å². The van der Waals surface area contributed by atoms with Crippen molar-refractivity contribution in [3.8, 4) is 0 Å². The molecule has 0 saturated carbocycles. The molecule has 0 amide bonds. The molecule has 1 aliphatic rings. The molecule has 16 heavy (non-hydrogen) atoms. The van der Waals surface area contributed by atoms with E-state index in [0.29, 0.717) is 5.37 Å². The Hall–Kier alpha value is -0.930. The van der Waals surface area contributed by atoms with Crippen LogP contribution in [0, 0.1) is 0 Å². The summed E-state index contributed by atoms with van der Waals surface area (Å²) in [5.41, 5.74) is 2.52. The Balaban J connectivity index is 1.94. The van der Waals surface area contributed by atoms with Crippen molar-refractivity contribution < 1.29 is 0 Å². The van der Waals surface area contributed by atoms with Crippen LogP contribution in [0.25, 0.3) is 0 Å². The molecule has 1 nitrogen and oxygen atoms in total. The first-order chi connectivity index (χ1) is 7.84. The van der Waals surface area contributed by atoms with Crippen LogP contribution in [0.1, 0.15) is 10.9 Å². The maximum Gasteiger partial charge on any atom is 0.103 e. The fourth-order valence-electron chi connectivity index (χ4n) is 1.81. The normalized spacial score (nSPS) is 17.9. The zero-order chi connectivity index (χ0) is 11.0. The summed E-state index contributed by atoms with van der Waals surface area (Å²) in [6.07, 6.45) is 0. The number of hydrogen-bond donors (Lipinski definition) is 1. The molecule has 3 heteroatoms. The number of benzene rings is 2. The van der Waals surface area contributed by atoms with Gasteiger partial charge in [0, 0.05) is 9.37 Å². The van der Waals surface area contributed by atoms with Crippen molar-refractivity contribution in [1.82, 2.24) is 0 Å². The molecule has 0 saturated heterocycles. The second kappa shape index (κ2) is 4.15. The summed E-state index contributed by atoms with van der Waals surface area (Å²) in [4.78, 5) is 1.31. The summed E-state index contributed by atoms with van der Waals surface area (Å²) in [5.74, 6) is 0. The molecule has 0 bridgehead atoms. The monoisotopic (exact) mass is 291 g/mol. The number of halogens is 1. The Labute approximate surface area is 107 Å². The van der Waals surface area contributed by atoms with E-state index in [0.717, 1.165) is 4.47 Å². The molecule has 0 spiro atoms. The molecule has 0 aliphatic carbocycles. The molecule has 1 aliphatic heterocycles. The Kier molecular flexibility index (Phi) is 2.65. The highest BCUT2D eigenvalue weighted by molar-refractivity contribution is 9.10. The number of rotatable bonds is 1. The molecule has 0 radical (unpaired) electrons. The van der Waals surface area contributed by atoms with Crippen molar-refractivity contribution >= 4 is 33.4 Å². The van der Waals surface area contributed by atoms with Gasteiger partial charge in [-0.15, -0.1) is 0 Å². The molecule has 1 N–H and O–H groups in total. The summed E-state index contributed by atoms with van der Waals surface area (Å²) in [7, 11) is 0. The van der Waals surface area contributed by atoms with E-state index in [9.17, 15) is 0 Å². The van der Waals surface area contributed by atoms with Crippen molar-refractivity contribution in [3.63, 3.8) is 0 Å². The van der Waals surface area contributed by atoms with Gasteiger partial charge >= 0.3 is 0 Å². The summed E-state index contributed by atoms with van der Waals surface area (Å²) >= 11 is 5.43. The van der Waals surface area contributed by atoms with Gasteiger partial charge in [-0.05, 0) is 33.6 Å². The molecule has 1 unspecified atom stereocenters. The Morgan fingerprint density at radius 2 is 1.81 bits per heavy atom. The van der Waals surface area contributed by atoms with Gasteiger partial charge in [-0.3, -0.25) is 0 Å². The fourth-order valence-corrected chi connectivity index (χ4v) is 3.59. The summed E-state index contributed by atoms with van der Waals surface area (Å²) < 4.78 is 1.14. The molecular weight excluding hydrogens is 282 g/mol. The number of para-hydroxylation sites is 1. The third-order valence-electron chi connectivity index (χ3n) is 2.60. The predicted octanol–water partition coefficient (Wildman–Crippen LogP) is 4.67. The number of fused-ring (bicyclic) bond motifs is 1. The lowest BCUT2D eigenvalue weighted by Crippen LogP contribution is -2.00. The third-order valence-corrected chi connectivity index (χ3v) is 4.48. The highest BCUT2D eigenvalue weighted by Gasteiger charge is 2.23. The smallest absolute Gasteiger partial charge is 0.103 e. The number of thioether (sulfide) groups is 1. The van der Waals surface area contributed by atoms with Gasteiger partial charge in [0.15, 0.2) is 0 Å². The second-order valence-electron chi connectivity index (χ2n) is 3.67. The van der Waals surface area contributed by atoms with Crippen molar-refractivity contribution in [2.24, 2.45) is 0 Å². The van der Waals surface area contributed by atoms with Gasteiger partial charge in [0.1, 0.15) is 5.37 Å². The van der Waals surface area contributed by atoms with Crippen LogP contribution < -0.4 is 5.32 Å². The van der Waals surface area contributed by atoms with Crippen LogP contribution in [-0.4, -0.2) is 0 Å². The molecule has 2 aromatic carbocycles. The maximum atomic E-state index is 3.57. The molecule has 1 heterocycles. The van der Waals surface area contributed by atoms with E-state index in [1.807, 2.05) is 17.8 Å². The first-order valence-corrected chi connectivity index (χ1v) is 6.78. The summed E-state index contributed by atoms with van der Waals surface area (Å²) in [5, 5.41) is 3.86. The third kappa shape index (κ3) is 1.74. The Bertz CT molecular complexity index is 513. The lowest BCUT2D eigenvalue weighted by Gasteiger charge is -2.10. The van der Waals surface area contributed by atoms with Crippen molar-refractivity contribution in [3.05, 3.63) is 58.6 Å². The largest absolute Gasteiger partial charge is 0.367 e. The van der Waals surface area contributed by atoms with Gasteiger partial charge in [-0.1, -0.05) is 48.2 Å². The minimum Gasteiger partial charge on any atom is -0.367 e. The van der Waals surface area contributed by atoms with E-state index in [1.54, 1.807) is 0 Å². The van der Waals surface area contributed by atoms with Crippen LogP contribution in [0.3, 0.4) is 0 Å². The molecule has 80 valence electrons. The average Bonchev–Trinajstić information content (AvgIpc) is 2.76. The second-order valence-corrected chi connectivity index (χ2v) is 5.67. The molecular formula is C13H10BrNS. The highest BCUT2D eigenvalue weighted by atomic mass is 79.9. The average molecular weight is 292 g/mol. The van der Waals surface area contributed by atoms with E-state index in [2.05, 4.69) is 63.7 Å². The van der Waals surface area contributed by atoms with Crippen LogP contribution >= 0.6 is 27.7 Å². The topological polar surface area (TPSA) is 12.0 Å². The minimum atomic E-state index is 0.329. The van der Waals surface area contributed by atoms with Crippen LogP contribution in [0.2, 0.25) is 0 Å². The summed E-state index contributed by atoms with van der Waals surface area (Å²) in [6.45, 7) is 0. The van der Waals surface area contributed by atoms with Crippen LogP contribution in [-0.2, 0) is 0 Å². The van der Waals surface area contributed by atoms with Gasteiger partial charge in [0.05, 0.1) is 5.69 Å². The quantitative estimate of drug-likeness (QED) is 0.820. The lowest BCUT2D eigenvalue weighted by molar-refractivity contribution is 1.13. The predicted molar refractivity (Wildman–Crippen MR) is 72.8 cm³/mol. The zero-order valence-electron chi connectivity index (χ0n) is 8.48. The first kappa shape index (κ1) is 10.2. The van der Waals surface area contributed by atoms with Crippen molar-refractivity contribution in [1.29, 1.82) is 0 Å². The first-order valence-electron chi connectivity index (χ1n) is 5.11. The Morgan fingerprint density at radius 3 is 2.56 bits per heavy atom. The minimum absolute atomic E-state index is 0.329. The van der Waals surface area contributed by atoms with Crippen LogP contribution in [0.5, 0.6) is 0 Å². The molecule has 2 aromatic rings. The number of anilines is 1. The van der Waals surface area contributed by atoms with Crippen molar-refractivity contribution in [2.75, 3.05) is 5.32 Å². The van der Waals surface area contributed by atoms with E-state index < -0.39 is 0 Å². The maximum absolute atomic E-state index is 3.57. The van der Waals surface area contributed by atoms with E-state index in [1.165, 1.54) is 16.1 Å². The number of nitrogens with one attached hydrogen (secondary N) is 1. The van der Waals surface area contributed by atoms with Crippen LogP contribution in [0.4, 0.5) is 5.69 Å². The van der Waals surface area contributed by atoms with Gasteiger partial charge in [-0.2, -0.15) is 0 Å².